The normalized spacial score (nSPS) is 10.5. The topological polar surface area (TPSA) is 20.3 Å². The van der Waals surface area contributed by atoms with Gasteiger partial charge in [-0.15, -0.1) is 0 Å². The molecule has 1 aromatic rings. The minimum Gasteiger partial charge on any atom is -0.339 e. The van der Waals surface area contributed by atoms with E-state index in [4.69, 9.17) is 0 Å². The van der Waals surface area contributed by atoms with E-state index in [0.29, 0.717) is 12.3 Å². The molecule has 2 nitrogen and oxygen atoms in total. The summed E-state index contributed by atoms with van der Waals surface area (Å²) in [6, 6.07) is 10.1. The molecule has 1 rings (SSSR count). The molecular formula is C14H21NO. The fraction of sp³-hybridized carbons (Fsp3) is 0.500. The van der Waals surface area contributed by atoms with Crippen molar-refractivity contribution in [2.75, 3.05) is 6.54 Å². The quantitative estimate of drug-likeness (QED) is 0.745. The predicted octanol–water partition coefficient (Wildman–Crippen LogP) is 3.08. The van der Waals surface area contributed by atoms with Crippen molar-refractivity contribution in [2.45, 2.75) is 33.7 Å². The van der Waals surface area contributed by atoms with E-state index in [9.17, 15) is 4.79 Å². The number of hydrogen-bond acceptors (Lipinski definition) is 1. The van der Waals surface area contributed by atoms with E-state index in [2.05, 4.69) is 26.0 Å². The van der Waals surface area contributed by atoms with Crippen LogP contribution in [-0.4, -0.2) is 17.4 Å². The van der Waals surface area contributed by atoms with Crippen LogP contribution in [0.25, 0.3) is 0 Å². The lowest BCUT2D eigenvalue weighted by molar-refractivity contribution is -0.132. The summed E-state index contributed by atoms with van der Waals surface area (Å²) in [6.07, 6.45) is 0.640. The number of nitrogens with zero attached hydrogens (tertiary/aromatic N) is 1. The number of amides is 1. The van der Waals surface area contributed by atoms with Crippen molar-refractivity contribution in [1.82, 2.24) is 4.90 Å². The van der Waals surface area contributed by atoms with E-state index < -0.39 is 0 Å². The Balaban J connectivity index is 2.58. The minimum atomic E-state index is 0.251. The van der Waals surface area contributed by atoms with Crippen LogP contribution in [0.3, 0.4) is 0 Å². The molecule has 1 amide bonds. The van der Waals surface area contributed by atoms with E-state index in [-0.39, 0.29) is 5.91 Å². The Hall–Kier alpha value is -1.31. The molecule has 0 aliphatic carbocycles. The highest BCUT2D eigenvalue weighted by atomic mass is 16.2. The second kappa shape index (κ2) is 6.31. The second-order valence-electron chi connectivity index (χ2n) is 4.49. The molecule has 0 fully saturated rings. The largest absolute Gasteiger partial charge is 0.339 e. The molecule has 0 bridgehead atoms. The third kappa shape index (κ3) is 4.05. The first-order valence-corrected chi connectivity index (χ1v) is 5.95. The fourth-order valence-electron chi connectivity index (χ4n) is 1.66. The molecule has 2 heteroatoms. The van der Waals surface area contributed by atoms with E-state index in [0.717, 1.165) is 13.1 Å². The standard InChI is InChI=1S/C14H21NO/c1-4-15(14(16)10-12(2)3)11-13-8-6-5-7-9-13/h5-9,12H,4,10-11H2,1-3H3. The third-order valence-electron chi connectivity index (χ3n) is 2.53. The molecule has 0 unspecified atom stereocenters. The molecular weight excluding hydrogens is 198 g/mol. The number of rotatable bonds is 5. The van der Waals surface area contributed by atoms with Crippen LogP contribution in [-0.2, 0) is 11.3 Å². The summed E-state index contributed by atoms with van der Waals surface area (Å²) in [5.41, 5.74) is 1.20. The molecule has 0 aromatic heterocycles. The first-order chi connectivity index (χ1) is 7.63. The summed E-state index contributed by atoms with van der Waals surface area (Å²) < 4.78 is 0. The Kier molecular flexibility index (Phi) is 5.03. The van der Waals surface area contributed by atoms with E-state index >= 15 is 0 Å². The molecule has 0 N–H and O–H groups in total. The van der Waals surface area contributed by atoms with Crippen LogP contribution in [0.1, 0.15) is 32.8 Å². The summed E-state index contributed by atoms with van der Waals surface area (Å²) in [4.78, 5) is 13.8. The number of carbonyl (C=O) groups excluding carboxylic acids is 1. The van der Waals surface area contributed by atoms with Gasteiger partial charge in [-0.25, -0.2) is 0 Å². The molecule has 0 radical (unpaired) electrons. The maximum atomic E-state index is 11.9. The molecule has 0 atom stereocenters. The molecule has 0 aliphatic rings. The van der Waals surface area contributed by atoms with Crippen molar-refractivity contribution in [3.63, 3.8) is 0 Å². The fourth-order valence-corrected chi connectivity index (χ4v) is 1.66. The highest BCUT2D eigenvalue weighted by Crippen LogP contribution is 2.09. The zero-order valence-electron chi connectivity index (χ0n) is 10.4. The molecule has 1 aromatic carbocycles. The number of benzene rings is 1. The van der Waals surface area contributed by atoms with Crippen LogP contribution >= 0.6 is 0 Å². The van der Waals surface area contributed by atoms with Gasteiger partial charge < -0.3 is 4.90 Å². The summed E-state index contributed by atoms with van der Waals surface area (Å²) in [5.74, 6) is 0.679. The summed E-state index contributed by atoms with van der Waals surface area (Å²) in [5, 5.41) is 0. The van der Waals surface area contributed by atoms with Crippen molar-refractivity contribution in [3.05, 3.63) is 35.9 Å². The van der Waals surface area contributed by atoms with E-state index in [1.807, 2.05) is 30.0 Å². The van der Waals surface area contributed by atoms with Crippen LogP contribution < -0.4 is 0 Å². The average molecular weight is 219 g/mol. The van der Waals surface area contributed by atoms with E-state index in [1.54, 1.807) is 0 Å². The van der Waals surface area contributed by atoms with Crippen LogP contribution in [0, 0.1) is 5.92 Å². The van der Waals surface area contributed by atoms with Crippen LogP contribution in [0.2, 0.25) is 0 Å². The Labute approximate surface area is 98.3 Å². The van der Waals surface area contributed by atoms with Crippen LogP contribution in [0.15, 0.2) is 30.3 Å². The maximum Gasteiger partial charge on any atom is 0.223 e. The van der Waals surface area contributed by atoms with E-state index in [1.165, 1.54) is 5.56 Å². The summed E-state index contributed by atoms with van der Waals surface area (Å²) >= 11 is 0. The summed E-state index contributed by atoms with van der Waals surface area (Å²) in [7, 11) is 0. The third-order valence-corrected chi connectivity index (χ3v) is 2.53. The van der Waals surface area contributed by atoms with Gasteiger partial charge in [0.1, 0.15) is 0 Å². The second-order valence-corrected chi connectivity index (χ2v) is 4.49. The Morgan fingerprint density at radius 1 is 1.25 bits per heavy atom. The van der Waals surface area contributed by atoms with Gasteiger partial charge in [0.2, 0.25) is 5.91 Å². The van der Waals surface area contributed by atoms with Crippen molar-refractivity contribution in [1.29, 1.82) is 0 Å². The highest BCUT2D eigenvalue weighted by Gasteiger charge is 2.13. The lowest BCUT2D eigenvalue weighted by atomic mass is 10.1. The van der Waals surface area contributed by atoms with Gasteiger partial charge in [0, 0.05) is 19.5 Å². The smallest absolute Gasteiger partial charge is 0.223 e. The first-order valence-electron chi connectivity index (χ1n) is 5.95. The van der Waals surface area contributed by atoms with Crippen molar-refractivity contribution in [3.8, 4) is 0 Å². The van der Waals surface area contributed by atoms with Gasteiger partial charge in [-0.05, 0) is 18.4 Å². The van der Waals surface area contributed by atoms with Gasteiger partial charge in [-0.2, -0.15) is 0 Å². The Morgan fingerprint density at radius 2 is 1.88 bits per heavy atom. The SMILES string of the molecule is CCN(Cc1ccccc1)C(=O)CC(C)C. The number of hydrogen-bond donors (Lipinski definition) is 0. The maximum absolute atomic E-state index is 11.9. The first kappa shape index (κ1) is 12.8. The molecule has 0 heterocycles. The molecule has 16 heavy (non-hydrogen) atoms. The molecule has 88 valence electrons. The number of carbonyl (C=O) groups is 1. The van der Waals surface area contributed by atoms with Gasteiger partial charge >= 0.3 is 0 Å². The Morgan fingerprint density at radius 3 is 2.38 bits per heavy atom. The van der Waals surface area contributed by atoms with Crippen molar-refractivity contribution < 1.29 is 4.79 Å². The monoisotopic (exact) mass is 219 g/mol. The van der Waals surface area contributed by atoms with Gasteiger partial charge in [-0.3, -0.25) is 4.79 Å². The lowest BCUT2D eigenvalue weighted by Crippen LogP contribution is -2.31. The van der Waals surface area contributed by atoms with Crippen LogP contribution in [0.4, 0.5) is 0 Å². The Bertz CT molecular complexity index is 319. The van der Waals surface area contributed by atoms with Crippen molar-refractivity contribution in [2.24, 2.45) is 5.92 Å². The van der Waals surface area contributed by atoms with Crippen LogP contribution in [0.5, 0.6) is 0 Å². The molecule has 0 spiro atoms. The predicted molar refractivity (Wildman–Crippen MR) is 67.0 cm³/mol. The lowest BCUT2D eigenvalue weighted by Gasteiger charge is -2.22. The molecule has 0 saturated heterocycles. The summed E-state index contributed by atoms with van der Waals surface area (Å²) in [6.45, 7) is 7.69. The van der Waals surface area contributed by atoms with Gasteiger partial charge in [-0.1, -0.05) is 44.2 Å². The zero-order valence-corrected chi connectivity index (χ0v) is 10.4. The van der Waals surface area contributed by atoms with Crippen molar-refractivity contribution >= 4 is 5.91 Å². The van der Waals surface area contributed by atoms with Gasteiger partial charge in [0.05, 0.1) is 0 Å². The molecule has 0 saturated carbocycles. The van der Waals surface area contributed by atoms with Gasteiger partial charge in [0.15, 0.2) is 0 Å². The highest BCUT2D eigenvalue weighted by molar-refractivity contribution is 5.76. The molecule has 0 aliphatic heterocycles. The minimum absolute atomic E-state index is 0.251. The van der Waals surface area contributed by atoms with Gasteiger partial charge in [0.25, 0.3) is 0 Å². The average Bonchev–Trinajstić information content (AvgIpc) is 2.26. The zero-order chi connectivity index (χ0) is 12.0.